The summed E-state index contributed by atoms with van der Waals surface area (Å²) in [6.07, 6.45) is 3.07. The fourth-order valence-corrected chi connectivity index (χ4v) is 2.88. The van der Waals surface area contributed by atoms with Crippen molar-refractivity contribution in [2.24, 2.45) is 5.10 Å². The van der Waals surface area contributed by atoms with Crippen LogP contribution in [-0.4, -0.2) is 24.8 Å². The molecule has 7 heteroatoms. The van der Waals surface area contributed by atoms with Gasteiger partial charge in [0.1, 0.15) is 5.70 Å². The van der Waals surface area contributed by atoms with Crippen molar-refractivity contribution >= 4 is 24.1 Å². The van der Waals surface area contributed by atoms with Crippen LogP contribution >= 0.6 is 0 Å². The molecule has 0 aromatic heterocycles. The highest BCUT2D eigenvalue weighted by molar-refractivity contribution is 6.05. The summed E-state index contributed by atoms with van der Waals surface area (Å²) in [5.41, 5.74) is 4.42. The van der Waals surface area contributed by atoms with E-state index in [0.717, 1.165) is 5.56 Å². The quantitative estimate of drug-likeness (QED) is 0.369. The predicted molar refractivity (Wildman–Crippen MR) is 117 cm³/mol. The Hall–Kier alpha value is -4.39. The van der Waals surface area contributed by atoms with Gasteiger partial charge >= 0.3 is 0 Å². The van der Waals surface area contributed by atoms with Crippen LogP contribution in [0.25, 0.3) is 6.08 Å². The minimum atomic E-state index is -0.561. The van der Waals surface area contributed by atoms with Gasteiger partial charge in [-0.2, -0.15) is 5.10 Å². The summed E-state index contributed by atoms with van der Waals surface area (Å²) >= 11 is 0. The summed E-state index contributed by atoms with van der Waals surface area (Å²) in [7, 11) is 0. The van der Waals surface area contributed by atoms with E-state index in [4.69, 9.17) is 9.47 Å². The lowest BCUT2D eigenvalue weighted by Gasteiger charge is -2.09. The smallest absolute Gasteiger partial charge is 0.287 e. The van der Waals surface area contributed by atoms with Crippen LogP contribution in [0.2, 0.25) is 0 Å². The first-order valence-corrected chi connectivity index (χ1v) is 9.55. The van der Waals surface area contributed by atoms with E-state index in [-0.39, 0.29) is 12.5 Å². The average molecular weight is 413 g/mol. The van der Waals surface area contributed by atoms with Crippen LogP contribution in [0.1, 0.15) is 21.5 Å². The Bertz CT molecular complexity index is 1140. The van der Waals surface area contributed by atoms with Gasteiger partial charge in [-0.05, 0) is 41.5 Å². The maximum atomic E-state index is 12.8. The minimum absolute atomic E-state index is 0.0398. The van der Waals surface area contributed by atoms with Crippen LogP contribution in [0.3, 0.4) is 0 Å². The van der Waals surface area contributed by atoms with Crippen molar-refractivity contribution in [3.05, 3.63) is 101 Å². The summed E-state index contributed by atoms with van der Waals surface area (Å²) in [6, 6.07) is 23.2. The number of hydrogen-bond donors (Lipinski definition) is 2. The molecule has 0 saturated heterocycles. The third-order valence-electron chi connectivity index (χ3n) is 4.42. The van der Waals surface area contributed by atoms with Crippen LogP contribution in [0.5, 0.6) is 11.5 Å². The zero-order valence-electron chi connectivity index (χ0n) is 16.4. The molecule has 1 aliphatic rings. The third-order valence-corrected chi connectivity index (χ3v) is 4.42. The van der Waals surface area contributed by atoms with Gasteiger partial charge in [0.25, 0.3) is 11.8 Å². The number of ether oxygens (including phenoxy) is 2. The topological polar surface area (TPSA) is 89.0 Å². The summed E-state index contributed by atoms with van der Waals surface area (Å²) < 4.78 is 10.7. The van der Waals surface area contributed by atoms with Crippen LogP contribution in [0.15, 0.2) is 89.7 Å². The molecule has 0 atom stereocenters. The van der Waals surface area contributed by atoms with E-state index in [9.17, 15) is 9.59 Å². The number of nitrogens with zero attached hydrogens (tertiary/aromatic N) is 1. The number of fused-ring (bicyclic) bond motifs is 1. The van der Waals surface area contributed by atoms with Crippen molar-refractivity contribution in [3.8, 4) is 11.5 Å². The molecule has 0 saturated carbocycles. The van der Waals surface area contributed by atoms with Crippen molar-refractivity contribution in [1.29, 1.82) is 0 Å². The maximum absolute atomic E-state index is 12.8. The lowest BCUT2D eigenvalue weighted by Crippen LogP contribution is -2.32. The second-order valence-corrected chi connectivity index (χ2v) is 6.60. The zero-order valence-corrected chi connectivity index (χ0v) is 16.4. The van der Waals surface area contributed by atoms with Crippen molar-refractivity contribution in [2.45, 2.75) is 0 Å². The van der Waals surface area contributed by atoms with Crippen LogP contribution in [0.4, 0.5) is 0 Å². The first kappa shape index (κ1) is 19.9. The molecule has 4 rings (SSSR count). The number of carbonyl (C=O) groups excluding carboxylic acids is 2. The molecule has 2 N–H and O–H groups in total. The molecule has 1 heterocycles. The van der Waals surface area contributed by atoms with Crippen molar-refractivity contribution in [2.75, 3.05) is 6.79 Å². The number of nitrogens with one attached hydrogen (secondary N) is 2. The fraction of sp³-hybridized carbons (Fsp3) is 0.0417. The molecular formula is C24H19N3O4. The van der Waals surface area contributed by atoms with E-state index in [0.29, 0.717) is 22.6 Å². The second kappa shape index (κ2) is 9.41. The third kappa shape index (κ3) is 5.16. The highest BCUT2D eigenvalue weighted by atomic mass is 16.7. The summed E-state index contributed by atoms with van der Waals surface area (Å²) in [4.78, 5) is 25.4. The second-order valence-electron chi connectivity index (χ2n) is 6.60. The molecule has 31 heavy (non-hydrogen) atoms. The van der Waals surface area contributed by atoms with E-state index < -0.39 is 11.8 Å². The Morgan fingerprint density at radius 1 is 0.839 bits per heavy atom. The maximum Gasteiger partial charge on any atom is 0.287 e. The Morgan fingerprint density at radius 3 is 2.32 bits per heavy atom. The van der Waals surface area contributed by atoms with Gasteiger partial charge in [0.05, 0.1) is 6.21 Å². The summed E-state index contributed by atoms with van der Waals surface area (Å²) in [5.74, 6) is 0.234. The van der Waals surface area contributed by atoms with E-state index in [1.807, 2.05) is 36.4 Å². The fourth-order valence-electron chi connectivity index (χ4n) is 2.88. The van der Waals surface area contributed by atoms with Gasteiger partial charge < -0.3 is 14.8 Å². The lowest BCUT2D eigenvalue weighted by atomic mass is 10.1. The molecule has 0 spiro atoms. The average Bonchev–Trinajstić information content (AvgIpc) is 3.28. The minimum Gasteiger partial charge on any atom is -0.454 e. The molecule has 3 aromatic carbocycles. The van der Waals surface area contributed by atoms with Crippen molar-refractivity contribution in [1.82, 2.24) is 10.7 Å². The van der Waals surface area contributed by atoms with Gasteiger partial charge in [-0.3, -0.25) is 9.59 Å². The summed E-state index contributed by atoms with van der Waals surface area (Å²) in [5, 5.41) is 6.64. The van der Waals surface area contributed by atoms with Crippen molar-refractivity contribution in [3.63, 3.8) is 0 Å². The Balaban J connectivity index is 1.56. The molecule has 0 fully saturated rings. The molecule has 0 unspecified atom stereocenters. The van der Waals surface area contributed by atoms with Gasteiger partial charge in [-0.1, -0.05) is 54.6 Å². The molecule has 154 valence electrons. The lowest BCUT2D eigenvalue weighted by molar-refractivity contribution is -0.117. The zero-order chi connectivity index (χ0) is 21.5. The first-order valence-electron chi connectivity index (χ1n) is 9.55. The standard InChI is InChI=1S/C24H19N3O4/c28-23(19-9-5-2-6-10-19)26-20(13-18-11-12-21-22(14-18)31-16-30-21)24(29)27-25-15-17-7-3-1-4-8-17/h1-15H,16H2,(H,26,28)(H,27,29)/b20-13+,25-15+. The van der Waals surface area contributed by atoms with Crippen LogP contribution in [-0.2, 0) is 4.79 Å². The van der Waals surface area contributed by atoms with E-state index in [2.05, 4.69) is 15.8 Å². The highest BCUT2D eigenvalue weighted by Gasteiger charge is 2.16. The molecule has 0 bridgehead atoms. The van der Waals surface area contributed by atoms with Gasteiger partial charge in [-0.15, -0.1) is 0 Å². The van der Waals surface area contributed by atoms with Crippen LogP contribution < -0.4 is 20.2 Å². The molecule has 0 radical (unpaired) electrons. The summed E-state index contributed by atoms with van der Waals surface area (Å²) in [6.45, 7) is 0.148. The number of amides is 2. The van der Waals surface area contributed by atoms with Crippen molar-refractivity contribution < 1.29 is 19.1 Å². The first-order chi connectivity index (χ1) is 15.2. The number of hydrazone groups is 1. The van der Waals surface area contributed by atoms with E-state index >= 15 is 0 Å². The molecule has 1 aliphatic heterocycles. The monoisotopic (exact) mass is 413 g/mol. The number of carbonyl (C=O) groups is 2. The number of hydrogen-bond acceptors (Lipinski definition) is 5. The SMILES string of the molecule is O=C(N/N=C/c1ccccc1)/C(=C\c1ccc2c(c1)OCO2)NC(=O)c1ccccc1. The van der Waals surface area contributed by atoms with Crippen LogP contribution in [0, 0.1) is 0 Å². The molecule has 3 aromatic rings. The van der Waals surface area contributed by atoms with E-state index in [1.165, 1.54) is 6.21 Å². The number of benzene rings is 3. The van der Waals surface area contributed by atoms with Gasteiger partial charge in [-0.25, -0.2) is 5.43 Å². The normalized spacial score (nSPS) is 12.6. The number of rotatable bonds is 6. The predicted octanol–water partition coefficient (Wildman–Crippen LogP) is 3.34. The Labute approximate surface area is 179 Å². The highest BCUT2D eigenvalue weighted by Crippen LogP contribution is 2.33. The molecular weight excluding hydrogens is 394 g/mol. The molecule has 0 aliphatic carbocycles. The van der Waals surface area contributed by atoms with E-state index in [1.54, 1.807) is 48.5 Å². The Kier molecular flexibility index (Phi) is 6.04. The van der Waals surface area contributed by atoms with Gasteiger partial charge in [0, 0.05) is 5.56 Å². The molecule has 7 nitrogen and oxygen atoms in total. The molecule has 2 amide bonds. The largest absolute Gasteiger partial charge is 0.454 e. The van der Waals surface area contributed by atoms with Gasteiger partial charge in [0.15, 0.2) is 11.5 Å². The van der Waals surface area contributed by atoms with Gasteiger partial charge in [0.2, 0.25) is 6.79 Å². The Morgan fingerprint density at radius 2 is 1.55 bits per heavy atom.